The van der Waals surface area contributed by atoms with Gasteiger partial charge in [0, 0.05) is 37.1 Å². The second-order valence-corrected chi connectivity index (χ2v) is 7.58. The van der Waals surface area contributed by atoms with Crippen molar-refractivity contribution >= 4 is 11.9 Å². The van der Waals surface area contributed by atoms with Crippen LogP contribution in [0.3, 0.4) is 0 Å². The minimum atomic E-state index is -0.992. The highest BCUT2D eigenvalue weighted by Gasteiger charge is 2.33. The van der Waals surface area contributed by atoms with Crippen molar-refractivity contribution in [2.24, 2.45) is 0 Å². The molecule has 2 heterocycles. The number of nitrogens with zero attached hydrogens (tertiary/aromatic N) is 3. The molecule has 166 valence electrons. The van der Waals surface area contributed by atoms with Crippen molar-refractivity contribution in [3.63, 3.8) is 0 Å². The Labute approximate surface area is 183 Å². The fourth-order valence-electron chi connectivity index (χ4n) is 3.72. The molecule has 4 rings (SSSR count). The molecule has 0 unspecified atom stereocenters. The Hall–Kier alpha value is -3.62. The minimum Gasteiger partial charge on any atom is -0.447 e. The third kappa shape index (κ3) is 4.66. The number of hydrogen-bond donors (Lipinski definition) is 0. The van der Waals surface area contributed by atoms with Gasteiger partial charge in [-0.25, -0.2) is 8.78 Å². The van der Waals surface area contributed by atoms with Gasteiger partial charge in [-0.1, -0.05) is 35.5 Å². The van der Waals surface area contributed by atoms with Crippen molar-refractivity contribution < 1.29 is 27.6 Å². The summed E-state index contributed by atoms with van der Waals surface area (Å²) in [5.41, 5.74) is 0.932. The van der Waals surface area contributed by atoms with Gasteiger partial charge in [-0.15, -0.1) is 0 Å². The Bertz CT molecular complexity index is 1110. The predicted octanol–water partition coefficient (Wildman–Crippen LogP) is 4.03. The molecule has 1 aromatic heterocycles. The van der Waals surface area contributed by atoms with E-state index >= 15 is 0 Å². The summed E-state index contributed by atoms with van der Waals surface area (Å²) in [5, 5.41) is 3.87. The zero-order valence-electron chi connectivity index (χ0n) is 17.3. The molecule has 2 aromatic carbocycles. The van der Waals surface area contributed by atoms with Crippen LogP contribution in [0.25, 0.3) is 11.4 Å². The Morgan fingerprint density at radius 3 is 2.47 bits per heavy atom. The average molecular weight is 441 g/mol. The molecule has 1 saturated heterocycles. The molecule has 0 aliphatic carbocycles. The maximum Gasteiger partial charge on any atom is 0.303 e. The fraction of sp³-hybridized carbons (Fsp3) is 0.304. The molecule has 32 heavy (non-hydrogen) atoms. The van der Waals surface area contributed by atoms with Gasteiger partial charge in [0.15, 0.2) is 11.6 Å². The number of aromatic nitrogens is 2. The van der Waals surface area contributed by atoms with E-state index in [2.05, 4.69) is 10.1 Å². The minimum absolute atomic E-state index is 0.0745. The third-order valence-corrected chi connectivity index (χ3v) is 5.39. The van der Waals surface area contributed by atoms with Crippen LogP contribution in [-0.2, 0) is 14.3 Å². The van der Waals surface area contributed by atoms with Gasteiger partial charge >= 0.3 is 5.97 Å². The number of halogens is 2. The number of carbonyl (C=O) groups excluding carboxylic acids is 2. The van der Waals surface area contributed by atoms with Crippen molar-refractivity contribution in [2.75, 3.05) is 13.1 Å². The van der Waals surface area contributed by atoms with Gasteiger partial charge in [0.2, 0.25) is 17.8 Å². The number of esters is 1. The molecule has 1 amide bonds. The Kier molecular flexibility index (Phi) is 6.25. The first-order valence-corrected chi connectivity index (χ1v) is 10.2. The number of piperidine rings is 1. The maximum absolute atomic E-state index is 13.5. The Morgan fingerprint density at radius 1 is 1.09 bits per heavy atom. The number of likely N-dealkylation sites (tertiary alicyclic amines) is 1. The summed E-state index contributed by atoms with van der Waals surface area (Å²) in [6.45, 7) is 2.13. The zero-order chi connectivity index (χ0) is 22.7. The van der Waals surface area contributed by atoms with E-state index < -0.39 is 23.7 Å². The van der Waals surface area contributed by atoms with Gasteiger partial charge in [-0.05, 0) is 31.0 Å². The smallest absolute Gasteiger partial charge is 0.303 e. The van der Waals surface area contributed by atoms with E-state index in [0.29, 0.717) is 42.9 Å². The van der Waals surface area contributed by atoms with Crippen molar-refractivity contribution in [1.82, 2.24) is 15.0 Å². The average Bonchev–Trinajstić information content (AvgIpc) is 3.30. The molecular weight excluding hydrogens is 420 g/mol. The summed E-state index contributed by atoms with van der Waals surface area (Å²) in [5.74, 6) is -2.25. The number of rotatable bonds is 5. The Balaban J connectivity index is 1.42. The van der Waals surface area contributed by atoms with Crippen molar-refractivity contribution in [1.29, 1.82) is 0 Å². The van der Waals surface area contributed by atoms with Crippen LogP contribution in [0.4, 0.5) is 8.78 Å². The fourth-order valence-corrected chi connectivity index (χ4v) is 3.72. The van der Waals surface area contributed by atoms with Crippen molar-refractivity contribution in [3.05, 3.63) is 71.6 Å². The van der Waals surface area contributed by atoms with Crippen LogP contribution in [0.15, 0.2) is 53.1 Å². The van der Waals surface area contributed by atoms with Gasteiger partial charge in [0.1, 0.15) is 0 Å². The highest BCUT2D eigenvalue weighted by atomic mass is 19.2. The first kappa shape index (κ1) is 21.6. The first-order valence-electron chi connectivity index (χ1n) is 10.2. The van der Waals surface area contributed by atoms with Gasteiger partial charge in [-0.3, -0.25) is 9.59 Å². The summed E-state index contributed by atoms with van der Waals surface area (Å²) in [7, 11) is 0. The summed E-state index contributed by atoms with van der Waals surface area (Å²) in [6.07, 6.45) is 0.160. The van der Waals surface area contributed by atoms with Gasteiger partial charge < -0.3 is 14.2 Å². The van der Waals surface area contributed by atoms with Crippen LogP contribution < -0.4 is 0 Å². The third-order valence-electron chi connectivity index (χ3n) is 5.39. The number of amides is 1. The Morgan fingerprint density at radius 2 is 1.81 bits per heavy atom. The zero-order valence-corrected chi connectivity index (χ0v) is 17.3. The van der Waals surface area contributed by atoms with E-state index in [0.717, 1.165) is 12.1 Å². The highest BCUT2D eigenvalue weighted by molar-refractivity contribution is 5.84. The van der Waals surface area contributed by atoms with Crippen LogP contribution in [0, 0.1) is 11.6 Å². The van der Waals surface area contributed by atoms with Crippen molar-refractivity contribution in [3.8, 4) is 11.4 Å². The monoisotopic (exact) mass is 441 g/mol. The lowest BCUT2D eigenvalue weighted by atomic mass is 9.96. The molecular formula is C23H21F2N3O4. The van der Waals surface area contributed by atoms with E-state index in [1.807, 2.05) is 6.07 Å². The molecule has 1 fully saturated rings. The lowest BCUT2D eigenvalue weighted by Gasteiger charge is -2.32. The van der Waals surface area contributed by atoms with Crippen LogP contribution in [-0.4, -0.2) is 40.0 Å². The molecule has 7 nitrogen and oxygen atoms in total. The van der Waals surface area contributed by atoms with Gasteiger partial charge in [0.25, 0.3) is 5.91 Å². The van der Waals surface area contributed by atoms with Crippen LogP contribution >= 0.6 is 0 Å². The molecule has 0 radical (unpaired) electrons. The second kappa shape index (κ2) is 9.25. The lowest BCUT2D eigenvalue weighted by Crippen LogP contribution is -2.41. The highest BCUT2D eigenvalue weighted by Crippen LogP contribution is 2.31. The quantitative estimate of drug-likeness (QED) is 0.556. The summed E-state index contributed by atoms with van der Waals surface area (Å²) < 4.78 is 37.3. The predicted molar refractivity (Wildman–Crippen MR) is 109 cm³/mol. The summed E-state index contributed by atoms with van der Waals surface area (Å²) >= 11 is 0. The number of carbonyl (C=O) groups is 2. The van der Waals surface area contributed by atoms with E-state index in [4.69, 9.17) is 9.26 Å². The van der Waals surface area contributed by atoms with Crippen LogP contribution in [0.5, 0.6) is 0 Å². The molecule has 1 atom stereocenters. The molecule has 1 aliphatic heterocycles. The standard InChI is InChI=1S/C23H21F2N3O4/c1-14(29)31-20(15-5-3-2-4-6-15)23(30)28-11-9-16(10-12-28)22-26-21(27-32-22)17-7-8-18(24)19(25)13-17/h2-8,13,16,20H,9-12H2,1H3/t20-/m1/s1. The van der Waals surface area contributed by atoms with E-state index in [9.17, 15) is 18.4 Å². The number of hydrogen-bond acceptors (Lipinski definition) is 6. The number of ether oxygens (including phenoxy) is 1. The largest absolute Gasteiger partial charge is 0.447 e. The van der Waals surface area contributed by atoms with Crippen molar-refractivity contribution in [2.45, 2.75) is 31.8 Å². The first-order chi connectivity index (χ1) is 15.4. The second-order valence-electron chi connectivity index (χ2n) is 7.58. The molecule has 0 bridgehead atoms. The van der Waals surface area contributed by atoms with Crippen LogP contribution in [0.1, 0.15) is 43.2 Å². The van der Waals surface area contributed by atoms with E-state index in [-0.39, 0.29) is 17.6 Å². The molecule has 0 N–H and O–H groups in total. The normalized spacial score (nSPS) is 15.4. The topological polar surface area (TPSA) is 85.5 Å². The molecule has 0 saturated carbocycles. The summed E-state index contributed by atoms with van der Waals surface area (Å²) in [4.78, 5) is 30.6. The van der Waals surface area contributed by atoms with Gasteiger partial charge in [0.05, 0.1) is 0 Å². The molecule has 9 heteroatoms. The molecule has 1 aliphatic rings. The number of benzene rings is 2. The SMILES string of the molecule is CC(=O)O[C@@H](C(=O)N1CCC(c2nc(-c3ccc(F)c(F)c3)no2)CC1)c1ccccc1. The summed E-state index contributed by atoms with van der Waals surface area (Å²) in [6, 6.07) is 12.3. The van der Waals surface area contributed by atoms with Crippen LogP contribution in [0.2, 0.25) is 0 Å². The lowest BCUT2D eigenvalue weighted by molar-refractivity contribution is -0.159. The van der Waals surface area contributed by atoms with E-state index in [1.54, 1.807) is 29.2 Å². The maximum atomic E-state index is 13.5. The molecule has 0 spiro atoms. The van der Waals surface area contributed by atoms with E-state index in [1.165, 1.54) is 13.0 Å². The molecule has 3 aromatic rings. The van der Waals surface area contributed by atoms with Gasteiger partial charge in [-0.2, -0.15) is 4.98 Å².